The zero-order valence-corrected chi connectivity index (χ0v) is 13.4. The lowest BCUT2D eigenvalue weighted by atomic mass is 10.1. The summed E-state index contributed by atoms with van der Waals surface area (Å²) in [6.07, 6.45) is 0. The molecule has 3 rings (SSSR count). The molecule has 0 saturated heterocycles. The second-order valence-corrected chi connectivity index (χ2v) is 5.55. The molecule has 2 aromatic rings. The van der Waals surface area contributed by atoms with Crippen molar-refractivity contribution in [2.24, 2.45) is 0 Å². The van der Waals surface area contributed by atoms with Crippen molar-refractivity contribution in [1.29, 1.82) is 0 Å². The van der Waals surface area contributed by atoms with E-state index in [4.69, 9.17) is 9.84 Å². The minimum atomic E-state index is -1.18. The third-order valence-corrected chi connectivity index (χ3v) is 3.80. The summed E-state index contributed by atoms with van der Waals surface area (Å²) in [6.45, 7) is 2.95. The van der Waals surface area contributed by atoms with Crippen molar-refractivity contribution in [3.05, 3.63) is 58.7 Å². The van der Waals surface area contributed by atoms with E-state index in [1.807, 2.05) is 0 Å². The van der Waals surface area contributed by atoms with Gasteiger partial charge in [0.1, 0.15) is 5.75 Å². The molecular weight excluding hydrogens is 326 g/mol. The van der Waals surface area contributed by atoms with Crippen molar-refractivity contribution in [2.45, 2.75) is 13.8 Å². The molecule has 1 N–H and O–H groups in total. The second-order valence-electron chi connectivity index (χ2n) is 5.55. The number of carboxylic acids is 1. The summed E-state index contributed by atoms with van der Waals surface area (Å²) in [5.41, 5.74) is 1.04. The van der Waals surface area contributed by atoms with Crippen molar-refractivity contribution in [3.8, 4) is 5.75 Å². The SMILES string of the molecule is CC(=O)Oc1ccc(N2C(=O)c3ccc(C(=O)O)cc3C2=O)c(C)c1. The van der Waals surface area contributed by atoms with Crippen molar-refractivity contribution in [2.75, 3.05) is 4.90 Å². The highest BCUT2D eigenvalue weighted by Crippen LogP contribution is 2.32. The molecule has 2 amide bonds. The molecular formula is C18H13NO6. The van der Waals surface area contributed by atoms with Crippen LogP contribution in [0.3, 0.4) is 0 Å². The molecule has 7 nitrogen and oxygen atoms in total. The Morgan fingerprint density at radius 1 is 1.00 bits per heavy atom. The van der Waals surface area contributed by atoms with E-state index < -0.39 is 23.8 Å². The number of carbonyl (C=O) groups is 4. The first-order valence-electron chi connectivity index (χ1n) is 7.35. The predicted octanol–water partition coefficient (Wildman–Crippen LogP) is 2.42. The topological polar surface area (TPSA) is 101 Å². The number of benzene rings is 2. The van der Waals surface area contributed by atoms with Crippen LogP contribution >= 0.6 is 0 Å². The van der Waals surface area contributed by atoms with Gasteiger partial charge in [0.25, 0.3) is 11.8 Å². The van der Waals surface area contributed by atoms with E-state index >= 15 is 0 Å². The van der Waals surface area contributed by atoms with Crippen LogP contribution in [-0.4, -0.2) is 28.9 Å². The molecule has 0 saturated carbocycles. The largest absolute Gasteiger partial charge is 0.478 e. The zero-order chi connectivity index (χ0) is 18.3. The van der Waals surface area contributed by atoms with Crippen LogP contribution in [0, 0.1) is 6.92 Å². The van der Waals surface area contributed by atoms with Gasteiger partial charge in [-0.3, -0.25) is 14.4 Å². The van der Waals surface area contributed by atoms with Crippen LogP contribution in [-0.2, 0) is 4.79 Å². The van der Waals surface area contributed by atoms with Crippen LogP contribution in [0.1, 0.15) is 43.6 Å². The van der Waals surface area contributed by atoms with Gasteiger partial charge >= 0.3 is 11.9 Å². The monoisotopic (exact) mass is 339 g/mol. The highest BCUT2D eigenvalue weighted by molar-refractivity contribution is 6.34. The van der Waals surface area contributed by atoms with Gasteiger partial charge in [-0.15, -0.1) is 0 Å². The molecule has 0 radical (unpaired) electrons. The highest BCUT2D eigenvalue weighted by atomic mass is 16.5. The summed E-state index contributed by atoms with van der Waals surface area (Å²) >= 11 is 0. The maximum Gasteiger partial charge on any atom is 0.335 e. The fraction of sp³-hybridized carbons (Fsp3) is 0.111. The fourth-order valence-corrected chi connectivity index (χ4v) is 2.70. The summed E-state index contributed by atoms with van der Waals surface area (Å²) in [5.74, 6) is -2.47. The van der Waals surface area contributed by atoms with E-state index in [-0.39, 0.29) is 16.7 Å². The smallest absolute Gasteiger partial charge is 0.335 e. The standard InChI is InChI=1S/C18H13NO6/c1-9-7-12(25-10(2)20)4-6-15(9)19-16(21)13-5-3-11(18(23)24)8-14(13)17(19)22/h3-8H,1-2H3,(H,23,24). The number of hydrogen-bond donors (Lipinski definition) is 1. The maximum atomic E-state index is 12.6. The first kappa shape index (κ1) is 16.4. The number of imide groups is 1. The van der Waals surface area contributed by atoms with Gasteiger partial charge in [0.05, 0.1) is 22.4 Å². The number of fused-ring (bicyclic) bond motifs is 1. The lowest BCUT2D eigenvalue weighted by molar-refractivity contribution is -0.131. The Kier molecular flexibility index (Phi) is 3.84. The molecule has 2 aromatic carbocycles. The Morgan fingerprint density at radius 2 is 1.68 bits per heavy atom. The second kappa shape index (κ2) is 5.86. The molecule has 0 aromatic heterocycles. The summed E-state index contributed by atoms with van der Waals surface area (Å²) in [6, 6.07) is 8.35. The number of carbonyl (C=O) groups excluding carboxylic acids is 3. The molecule has 0 aliphatic carbocycles. The summed E-state index contributed by atoms with van der Waals surface area (Å²) in [7, 11) is 0. The van der Waals surface area contributed by atoms with Gasteiger partial charge in [-0.25, -0.2) is 9.69 Å². The number of aromatic carboxylic acids is 1. The lowest BCUT2D eigenvalue weighted by Gasteiger charge is -2.17. The van der Waals surface area contributed by atoms with Crippen molar-refractivity contribution in [1.82, 2.24) is 0 Å². The van der Waals surface area contributed by atoms with Gasteiger partial charge in [0.2, 0.25) is 0 Å². The average Bonchev–Trinajstić information content (AvgIpc) is 2.78. The zero-order valence-electron chi connectivity index (χ0n) is 13.4. The number of anilines is 1. The van der Waals surface area contributed by atoms with Crippen LogP contribution in [0.15, 0.2) is 36.4 Å². The molecule has 0 spiro atoms. The number of rotatable bonds is 3. The van der Waals surface area contributed by atoms with E-state index in [0.717, 1.165) is 4.90 Å². The Bertz CT molecular complexity index is 947. The van der Waals surface area contributed by atoms with Crippen molar-refractivity contribution in [3.63, 3.8) is 0 Å². The van der Waals surface area contributed by atoms with Crippen molar-refractivity contribution >= 4 is 29.4 Å². The first-order chi connectivity index (χ1) is 11.8. The maximum absolute atomic E-state index is 12.6. The van der Waals surface area contributed by atoms with Crippen LogP contribution < -0.4 is 9.64 Å². The van der Waals surface area contributed by atoms with Crippen LogP contribution in [0.25, 0.3) is 0 Å². The highest BCUT2D eigenvalue weighted by Gasteiger charge is 2.37. The third-order valence-electron chi connectivity index (χ3n) is 3.80. The van der Waals surface area contributed by atoms with Crippen LogP contribution in [0.2, 0.25) is 0 Å². The number of hydrogen-bond acceptors (Lipinski definition) is 5. The predicted molar refractivity (Wildman–Crippen MR) is 87.0 cm³/mol. The number of aryl methyl sites for hydroxylation is 1. The van der Waals surface area contributed by atoms with E-state index in [2.05, 4.69) is 0 Å². The molecule has 1 aliphatic rings. The van der Waals surface area contributed by atoms with E-state index in [1.165, 1.54) is 37.3 Å². The fourth-order valence-electron chi connectivity index (χ4n) is 2.70. The summed E-state index contributed by atoms with van der Waals surface area (Å²) in [4.78, 5) is 48.3. The molecule has 1 aliphatic heterocycles. The Balaban J connectivity index is 2.02. The number of esters is 1. The van der Waals surface area contributed by atoms with Gasteiger partial charge < -0.3 is 9.84 Å². The summed E-state index contributed by atoms with van der Waals surface area (Å²) in [5, 5.41) is 9.05. The Morgan fingerprint density at radius 3 is 2.28 bits per heavy atom. The average molecular weight is 339 g/mol. The Labute approximate surface area is 142 Å². The quantitative estimate of drug-likeness (QED) is 0.523. The van der Waals surface area contributed by atoms with Gasteiger partial charge in [-0.05, 0) is 48.9 Å². The summed E-state index contributed by atoms with van der Waals surface area (Å²) < 4.78 is 4.98. The number of amides is 2. The van der Waals surface area contributed by atoms with Crippen LogP contribution in [0.5, 0.6) is 5.75 Å². The van der Waals surface area contributed by atoms with E-state index in [9.17, 15) is 19.2 Å². The molecule has 0 fully saturated rings. The molecule has 126 valence electrons. The van der Waals surface area contributed by atoms with Gasteiger partial charge in [-0.1, -0.05) is 0 Å². The molecule has 1 heterocycles. The van der Waals surface area contributed by atoms with Gasteiger partial charge in [0, 0.05) is 6.92 Å². The van der Waals surface area contributed by atoms with E-state index in [1.54, 1.807) is 13.0 Å². The molecule has 0 bridgehead atoms. The van der Waals surface area contributed by atoms with Crippen molar-refractivity contribution < 1.29 is 29.0 Å². The molecule has 25 heavy (non-hydrogen) atoms. The minimum absolute atomic E-state index is 0.0494. The molecule has 0 unspecified atom stereocenters. The van der Waals surface area contributed by atoms with E-state index in [0.29, 0.717) is 17.0 Å². The first-order valence-corrected chi connectivity index (χ1v) is 7.35. The molecule has 0 atom stereocenters. The van der Waals surface area contributed by atoms with Gasteiger partial charge in [0.15, 0.2) is 0 Å². The molecule has 7 heteroatoms. The third kappa shape index (κ3) is 2.76. The lowest BCUT2D eigenvalue weighted by Crippen LogP contribution is -2.30. The minimum Gasteiger partial charge on any atom is -0.478 e. The van der Waals surface area contributed by atoms with Crippen LogP contribution in [0.4, 0.5) is 5.69 Å². The normalized spacial score (nSPS) is 13.0. The Hall–Kier alpha value is -3.48. The number of nitrogens with zero attached hydrogens (tertiary/aromatic N) is 1. The number of ether oxygens (including phenoxy) is 1. The number of carboxylic acid groups (broad SMARTS) is 1. The van der Waals surface area contributed by atoms with Gasteiger partial charge in [-0.2, -0.15) is 0 Å².